The summed E-state index contributed by atoms with van der Waals surface area (Å²) >= 11 is 0. The molecule has 5 nitrogen and oxygen atoms in total. The molecule has 0 saturated carbocycles. The minimum absolute atomic E-state index is 0.317. The van der Waals surface area contributed by atoms with E-state index in [-0.39, 0.29) is 5.91 Å². The smallest absolute Gasteiger partial charge is 0.320 e. The van der Waals surface area contributed by atoms with Crippen LogP contribution in [0.25, 0.3) is 0 Å². The highest BCUT2D eigenvalue weighted by molar-refractivity contribution is 5.73. The number of rotatable bonds is 7. The first-order valence-electron chi connectivity index (χ1n) is 4.30. The Morgan fingerprint density at radius 2 is 1.85 bits per heavy atom. The fourth-order valence-electron chi connectivity index (χ4n) is 0.964. The third-order valence-electron chi connectivity index (χ3n) is 1.76. The molecule has 0 rings (SSSR count). The van der Waals surface area contributed by atoms with E-state index >= 15 is 0 Å². The van der Waals surface area contributed by atoms with Crippen molar-refractivity contribution in [2.24, 2.45) is 11.5 Å². The highest BCUT2D eigenvalue weighted by atomic mass is 16.4. The third-order valence-corrected chi connectivity index (χ3v) is 1.76. The quantitative estimate of drug-likeness (QED) is 0.482. The van der Waals surface area contributed by atoms with Crippen molar-refractivity contribution in [1.29, 1.82) is 0 Å². The number of aliphatic carboxylic acids is 1. The van der Waals surface area contributed by atoms with Crippen LogP contribution in [-0.2, 0) is 9.59 Å². The number of carboxylic acid groups (broad SMARTS) is 1. The van der Waals surface area contributed by atoms with Crippen molar-refractivity contribution in [2.75, 3.05) is 0 Å². The van der Waals surface area contributed by atoms with Crippen molar-refractivity contribution < 1.29 is 14.7 Å². The molecule has 76 valence electrons. The molecule has 0 aromatic carbocycles. The summed E-state index contributed by atoms with van der Waals surface area (Å²) in [4.78, 5) is 20.6. The maximum Gasteiger partial charge on any atom is 0.320 e. The zero-order valence-electron chi connectivity index (χ0n) is 7.53. The number of amides is 1. The number of unbranched alkanes of at least 4 members (excludes halogenated alkanes) is 2. The topological polar surface area (TPSA) is 106 Å². The van der Waals surface area contributed by atoms with Gasteiger partial charge in [0.1, 0.15) is 6.04 Å². The van der Waals surface area contributed by atoms with Crippen LogP contribution in [0.2, 0.25) is 0 Å². The molecule has 13 heavy (non-hydrogen) atoms. The van der Waals surface area contributed by atoms with E-state index in [4.69, 9.17) is 16.6 Å². The van der Waals surface area contributed by atoms with E-state index in [0.717, 1.165) is 12.8 Å². The summed E-state index contributed by atoms with van der Waals surface area (Å²) in [6.07, 6.45) is 3.04. The molecule has 0 aliphatic rings. The number of carbonyl (C=O) groups excluding carboxylic acids is 1. The lowest BCUT2D eigenvalue weighted by molar-refractivity contribution is -0.138. The molecule has 0 unspecified atom stereocenters. The van der Waals surface area contributed by atoms with Gasteiger partial charge in [-0.1, -0.05) is 12.8 Å². The first-order chi connectivity index (χ1) is 6.04. The van der Waals surface area contributed by atoms with Gasteiger partial charge in [-0.2, -0.15) is 0 Å². The number of hydrogen-bond acceptors (Lipinski definition) is 3. The molecule has 0 spiro atoms. The minimum atomic E-state index is -0.977. The molecule has 1 atom stereocenters. The Morgan fingerprint density at radius 3 is 2.31 bits per heavy atom. The predicted molar refractivity (Wildman–Crippen MR) is 47.9 cm³/mol. The van der Waals surface area contributed by atoms with Crippen LogP contribution in [0.1, 0.15) is 32.1 Å². The fraction of sp³-hybridized carbons (Fsp3) is 0.750. The summed E-state index contributed by atoms with van der Waals surface area (Å²) < 4.78 is 0. The Labute approximate surface area is 77.1 Å². The van der Waals surface area contributed by atoms with Gasteiger partial charge in [-0.15, -0.1) is 0 Å². The fourth-order valence-corrected chi connectivity index (χ4v) is 0.964. The van der Waals surface area contributed by atoms with Gasteiger partial charge in [0.15, 0.2) is 0 Å². The van der Waals surface area contributed by atoms with Gasteiger partial charge in [0, 0.05) is 6.42 Å². The molecule has 5 N–H and O–H groups in total. The first-order valence-corrected chi connectivity index (χ1v) is 4.30. The largest absolute Gasteiger partial charge is 0.480 e. The molecule has 1 amide bonds. The molecule has 0 heterocycles. The molecule has 0 bridgehead atoms. The molecule has 0 aromatic rings. The van der Waals surface area contributed by atoms with Gasteiger partial charge in [0.2, 0.25) is 5.91 Å². The van der Waals surface area contributed by atoms with Gasteiger partial charge >= 0.3 is 5.97 Å². The van der Waals surface area contributed by atoms with Crippen LogP contribution in [0.4, 0.5) is 0 Å². The van der Waals surface area contributed by atoms with Gasteiger partial charge in [-0.25, -0.2) is 0 Å². The predicted octanol–water partition coefficient (Wildman–Crippen LogP) is -0.166. The lowest BCUT2D eigenvalue weighted by Gasteiger charge is -2.04. The van der Waals surface area contributed by atoms with Crippen LogP contribution >= 0.6 is 0 Å². The van der Waals surface area contributed by atoms with Crippen molar-refractivity contribution in [1.82, 2.24) is 0 Å². The SMILES string of the molecule is NC(=O)CCCCC[C@H](N)C(=O)O. The Bertz CT molecular complexity index is 182. The second kappa shape index (κ2) is 6.42. The summed E-state index contributed by atoms with van der Waals surface area (Å²) in [5, 5.41) is 8.43. The van der Waals surface area contributed by atoms with Crippen molar-refractivity contribution >= 4 is 11.9 Å². The number of primary amides is 1. The molecule has 0 fully saturated rings. The van der Waals surface area contributed by atoms with E-state index in [1.807, 2.05) is 0 Å². The zero-order chi connectivity index (χ0) is 10.3. The van der Waals surface area contributed by atoms with E-state index in [2.05, 4.69) is 0 Å². The summed E-state index contributed by atoms with van der Waals surface area (Å²) in [5.41, 5.74) is 10.2. The van der Waals surface area contributed by atoms with Crippen molar-refractivity contribution in [2.45, 2.75) is 38.1 Å². The highest BCUT2D eigenvalue weighted by Crippen LogP contribution is 2.04. The summed E-state index contributed by atoms with van der Waals surface area (Å²) in [6, 6.07) is -0.784. The first kappa shape index (κ1) is 11.9. The average molecular weight is 188 g/mol. The molecule has 0 aliphatic carbocycles. The molecule has 0 aromatic heterocycles. The van der Waals surface area contributed by atoms with E-state index in [1.165, 1.54) is 0 Å². The minimum Gasteiger partial charge on any atom is -0.480 e. The molecule has 0 saturated heterocycles. The summed E-state index contributed by atoms with van der Waals surface area (Å²) in [5.74, 6) is -1.29. The Balaban J connectivity index is 3.26. The second-order valence-electron chi connectivity index (χ2n) is 3.01. The van der Waals surface area contributed by atoms with Gasteiger partial charge < -0.3 is 16.6 Å². The molecule has 5 heteroatoms. The summed E-state index contributed by atoms with van der Waals surface area (Å²) in [6.45, 7) is 0. The lowest BCUT2D eigenvalue weighted by Crippen LogP contribution is -2.29. The monoisotopic (exact) mass is 188 g/mol. The van der Waals surface area contributed by atoms with Crippen LogP contribution in [0, 0.1) is 0 Å². The molecular weight excluding hydrogens is 172 g/mol. The van der Waals surface area contributed by atoms with Gasteiger partial charge in [0.25, 0.3) is 0 Å². The van der Waals surface area contributed by atoms with Crippen LogP contribution in [0.15, 0.2) is 0 Å². The normalized spacial score (nSPS) is 12.4. The van der Waals surface area contributed by atoms with E-state index in [9.17, 15) is 9.59 Å². The summed E-state index contributed by atoms with van der Waals surface area (Å²) in [7, 11) is 0. The van der Waals surface area contributed by atoms with Crippen LogP contribution in [0.3, 0.4) is 0 Å². The van der Waals surface area contributed by atoms with Crippen LogP contribution < -0.4 is 11.5 Å². The highest BCUT2D eigenvalue weighted by Gasteiger charge is 2.09. The van der Waals surface area contributed by atoms with Crippen molar-refractivity contribution in [3.8, 4) is 0 Å². The number of hydrogen-bond donors (Lipinski definition) is 3. The van der Waals surface area contributed by atoms with Gasteiger partial charge in [0.05, 0.1) is 0 Å². The average Bonchev–Trinajstić information content (AvgIpc) is 2.02. The van der Waals surface area contributed by atoms with E-state index in [1.54, 1.807) is 0 Å². The maximum absolute atomic E-state index is 10.3. The van der Waals surface area contributed by atoms with E-state index < -0.39 is 12.0 Å². The Morgan fingerprint density at radius 1 is 1.23 bits per heavy atom. The zero-order valence-corrected chi connectivity index (χ0v) is 7.53. The Kier molecular flexibility index (Phi) is 5.88. The molecular formula is C8H16N2O3. The Hall–Kier alpha value is -1.10. The van der Waals surface area contributed by atoms with Crippen molar-refractivity contribution in [3.05, 3.63) is 0 Å². The molecule has 0 radical (unpaired) electrons. The lowest BCUT2D eigenvalue weighted by atomic mass is 10.1. The number of carbonyl (C=O) groups is 2. The number of carboxylic acids is 1. The van der Waals surface area contributed by atoms with Gasteiger partial charge in [-0.3, -0.25) is 9.59 Å². The van der Waals surface area contributed by atoms with Crippen LogP contribution in [-0.4, -0.2) is 23.0 Å². The van der Waals surface area contributed by atoms with Crippen LogP contribution in [0.5, 0.6) is 0 Å². The maximum atomic E-state index is 10.3. The molecule has 0 aliphatic heterocycles. The van der Waals surface area contributed by atoms with E-state index in [0.29, 0.717) is 19.3 Å². The second-order valence-corrected chi connectivity index (χ2v) is 3.01. The van der Waals surface area contributed by atoms with Gasteiger partial charge in [-0.05, 0) is 12.8 Å². The van der Waals surface area contributed by atoms with Crippen molar-refractivity contribution in [3.63, 3.8) is 0 Å². The number of nitrogens with two attached hydrogens (primary N) is 2. The third kappa shape index (κ3) is 7.27. The standard InChI is InChI=1S/C8H16N2O3/c9-6(8(12)13)4-2-1-3-5-7(10)11/h6H,1-5,9H2,(H2,10,11)(H,12,13)/t6-/m0/s1.